The highest BCUT2D eigenvalue weighted by molar-refractivity contribution is 5.77. The summed E-state index contributed by atoms with van der Waals surface area (Å²) in [5, 5.41) is 6.58. The molecule has 0 spiro atoms. The quantitative estimate of drug-likeness (QED) is 0.683. The average molecular weight is 206 g/mol. The van der Waals surface area contributed by atoms with Gasteiger partial charge in [-0.1, -0.05) is 5.92 Å². The van der Waals surface area contributed by atoms with Crippen molar-refractivity contribution in [3.05, 3.63) is 12.3 Å². The van der Waals surface area contributed by atoms with Gasteiger partial charge >= 0.3 is 0 Å². The van der Waals surface area contributed by atoms with Crippen LogP contribution in [0.3, 0.4) is 0 Å². The first-order valence-electron chi connectivity index (χ1n) is 4.51. The second kappa shape index (κ2) is 4.05. The lowest BCUT2D eigenvalue weighted by Crippen LogP contribution is -2.43. The molecule has 0 radical (unpaired) electrons. The van der Waals surface area contributed by atoms with Crippen LogP contribution in [0.25, 0.3) is 0 Å². The molecule has 0 aromatic carbocycles. The summed E-state index contributed by atoms with van der Waals surface area (Å²) in [7, 11) is 0. The molecular weight excluding hydrogens is 192 g/mol. The molecule has 80 valence electrons. The van der Waals surface area contributed by atoms with E-state index in [1.807, 2.05) is 0 Å². The molecule has 0 aliphatic rings. The zero-order valence-electron chi connectivity index (χ0n) is 8.82. The Morgan fingerprint density at radius 1 is 1.80 bits per heavy atom. The van der Waals surface area contributed by atoms with E-state index >= 15 is 0 Å². The fourth-order valence-corrected chi connectivity index (χ4v) is 1.04. The van der Waals surface area contributed by atoms with E-state index in [0.29, 0.717) is 5.82 Å². The van der Waals surface area contributed by atoms with E-state index in [1.165, 1.54) is 4.68 Å². The average Bonchev–Trinajstić information content (AvgIpc) is 2.50. The number of nitrogen functional groups attached to an aromatic ring is 1. The van der Waals surface area contributed by atoms with E-state index in [-0.39, 0.29) is 12.5 Å². The molecule has 1 rings (SSSR count). The third-order valence-corrected chi connectivity index (χ3v) is 1.78. The molecule has 0 atom stereocenters. The third kappa shape index (κ3) is 3.35. The van der Waals surface area contributed by atoms with Crippen LogP contribution in [0, 0.1) is 12.3 Å². The van der Waals surface area contributed by atoms with Crippen LogP contribution in [0.5, 0.6) is 0 Å². The van der Waals surface area contributed by atoms with Gasteiger partial charge in [-0.05, 0) is 19.9 Å². The molecule has 5 nitrogen and oxygen atoms in total. The number of rotatable bonds is 3. The summed E-state index contributed by atoms with van der Waals surface area (Å²) < 4.78 is 1.46. The summed E-state index contributed by atoms with van der Waals surface area (Å²) in [4.78, 5) is 11.5. The second-order valence-corrected chi connectivity index (χ2v) is 3.76. The van der Waals surface area contributed by atoms with Crippen molar-refractivity contribution in [2.45, 2.75) is 25.9 Å². The molecule has 0 unspecified atom stereocenters. The minimum absolute atomic E-state index is 0.113. The van der Waals surface area contributed by atoms with Gasteiger partial charge in [0.05, 0.1) is 5.54 Å². The molecular formula is C10H14N4O. The third-order valence-electron chi connectivity index (χ3n) is 1.78. The van der Waals surface area contributed by atoms with Crippen LogP contribution in [-0.4, -0.2) is 21.2 Å². The summed E-state index contributed by atoms with van der Waals surface area (Å²) in [6.45, 7) is 3.62. The maximum atomic E-state index is 11.5. The summed E-state index contributed by atoms with van der Waals surface area (Å²) in [5.74, 6) is 2.67. The van der Waals surface area contributed by atoms with Gasteiger partial charge in [0, 0.05) is 6.20 Å². The number of hydrogen-bond donors (Lipinski definition) is 2. The van der Waals surface area contributed by atoms with E-state index < -0.39 is 5.54 Å². The summed E-state index contributed by atoms with van der Waals surface area (Å²) in [6, 6.07) is 1.62. The Kier molecular flexibility index (Phi) is 3.00. The van der Waals surface area contributed by atoms with Crippen molar-refractivity contribution in [3.63, 3.8) is 0 Å². The van der Waals surface area contributed by atoms with Crippen molar-refractivity contribution in [3.8, 4) is 12.3 Å². The lowest BCUT2D eigenvalue weighted by atomic mass is 10.1. The monoisotopic (exact) mass is 206 g/mol. The number of terminal acetylenes is 1. The summed E-state index contributed by atoms with van der Waals surface area (Å²) >= 11 is 0. The van der Waals surface area contributed by atoms with Crippen LogP contribution in [-0.2, 0) is 11.3 Å². The number of carbonyl (C=O) groups is 1. The van der Waals surface area contributed by atoms with Gasteiger partial charge in [0.1, 0.15) is 12.4 Å². The Labute approximate surface area is 88.6 Å². The van der Waals surface area contributed by atoms with Gasteiger partial charge in [0.15, 0.2) is 0 Å². The predicted molar refractivity (Wildman–Crippen MR) is 57.7 cm³/mol. The number of anilines is 1. The fourth-order valence-electron chi connectivity index (χ4n) is 1.04. The van der Waals surface area contributed by atoms with Crippen LogP contribution < -0.4 is 11.1 Å². The maximum absolute atomic E-state index is 11.5. The molecule has 1 heterocycles. The van der Waals surface area contributed by atoms with Crippen LogP contribution >= 0.6 is 0 Å². The smallest absolute Gasteiger partial charge is 0.242 e. The molecule has 0 aliphatic carbocycles. The molecule has 1 amide bonds. The largest absolute Gasteiger partial charge is 0.382 e. The topological polar surface area (TPSA) is 72.9 Å². The van der Waals surface area contributed by atoms with Gasteiger partial charge < -0.3 is 11.1 Å². The molecule has 0 saturated carbocycles. The van der Waals surface area contributed by atoms with Crippen molar-refractivity contribution in [2.24, 2.45) is 0 Å². The van der Waals surface area contributed by atoms with E-state index in [1.54, 1.807) is 26.1 Å². The highest BCUT2D eigenvalue weighted by Gasteiger charge is 2.16. The molecule has 3 N–H and O–H groups in total. The number of nitrogens with two attached hydrogens (primary N) is 1. The highest BCUT2D eigenvalue weighted by Crippen LogP contribution is 2.00. The Morgan fingerprint density at radius 2 is 2.47 bits per heavy atom. The van der Waals surface area contributed by atoms with E-state index in [2.05, 4.69) is 16.3 Å². The molecule has 0 bridgehead atoms. The predicted octanol–water partition coefficient (Wildman–Crippen LogP) is -0.00670. The molecule has 1 aromatic rings. The number of amides is 1. The highest BCUT2D eigenvalue weighted by atomic mass is 16.2. The van der Waals surface area contributed by atoms with Gasteiger partial charge in [-0.2, -0.15) is 5.10 Å². The first kappa shape index (κ1) is 11.1. The minimum atomic E-state index is -0.643. The molecule has 5 heteroatoms. The Balaban J connectivity index is 2.55. The molecule has 0 fully saturated rings. The minimum Gasteiger partial charge on any atom is -0.382 e. The zero-order valence-corrected chi connectivity index (χ0v) is 8.82. The lowest BCUT2D eigenvalue weighted by Gasteiger charge is -2.19. The van der Waals surface area contributed by atoms with E-state index in [0.717, 1.165) is 0 Å². The number of aromatic nitrogens is 2. The van der Waals surface area contributed by atoms with Crippen LogP contribution in [0.2, 0.25) is 0 Å². The molecule has 1 aromatic heterocycles. The summed E-state index contributed by atoms with van der Waals surface area (Å²) in [6.07, 6.45) is 6.88. The standard InChI is InChI=1S/C10H14N4O/c1-4-10(2,3)12-9(15)7-14-6-5-8(11)13-14/h1,5-6H,7H2,2-3H3,(H2,11,13)(H,12,15). The van der Waals surface area contributed by atoms with Crippen molar-refractivity contribution in [1.82, 2.24) is 15.1 Å². The van der Waals surface area contributed by atoms with E-state index in [4.69, 9.17) is 12.2 Å². The molecule has 0 aliphatic heterocycles. The van der Waals surface area contributed by atoms with Gasteiger partial charge in [-0.3, -0.25) is 9.48 Å². The van der Waals surface area contributed by atoms with Crippen molar-refractivity contribution in [1.29, 1.82) is 0 Å². The van der Waals surface area contributed by atoms with Crippen molar-refractivity contribution >= 4 is 11.7 Å². The van der Waals surface area contributed by atoms with Gasteiger partial charge in [0.2, 0.25) is 5.91 Å². The Morgan fingerprint density at radius 3 is 2.93 bits per heavy atom. The number of nitrogens with one attached hydrogen (secondary N) is 1. The molecule has 0 saturated heterocycles. The SMILES string of the molecule is C#CC(C)(C)NC(=O)Cn1ccc(N)n1. The normalized spacial score (nSPS) is 10.7. The maximum Gasteiger partial charge on any atom is 0.242 e. The van der Waals surface area contributed by atoms with Crippen LogP contribution in [0.1, 0.15) is 13.8 Å². The van der Waals surface area contributed by atoms with Crippen molar-refractivity contribution in [2.75, 3.05) is 5.73 Å². The zero-order chi connectivity index (χ0) is 11.5. The van der Waals surface area contributed by atoms with Gasteiger partial charge in [0.25, 0.3) is 0 Å². The summed E-state index contributed by atoms with van der Waals surface area (Å²) in [5.41, 5.74) is 4.77. The first-order valence-corrected chi connectivity index (χ1v) is 4.51. The van der Waals surface area contributed by atoms with Crippen LogP contribution in [0.4, 0.5) is 5.82 Å². The Hall–Kier alpha value is -1.96. The number of hydrogen-bond acceptors (Lipinski definition) is 3. The van der Waals surface area contributed by atoms with Gasteiger partial charge in [-0.15, -0.1) is 6.42 Å². The second-order valence-electron chi connectivity index (χ2n) is 3.76. The van der Waals surface area contributed by atoms with Crippen LogP contribution in [0.15, 0.2) is 12.3 Å². The first-order chi connectivity index (χ1) is 6.93. The lowest BCUT2D eigenvalue weighted by molar-refractivity contribution is -0.122. The van der Waals surface area contributed by atoms with E-state index in [9.17, 15) is 4.79 Å². The van der Waals surface area contributed by atoms with Crippen molar-refractivity contribution < 1.29 is 4.79 Å². The molecule has 15 heavy (non-hydrogen) atoms. The Bertz CT molecular complexity index is 400. The number of carbonyl (C=O) groups excluding carboxylic acids is 1. The van der Waals surface area contributed by atoms with Gasteiger partial charge in [-0.25, -0.2) is 0 Å². The fraction of sp³-hybridized carbons (Fsp3) is 0.400. The number of nitrogens with zero attached hydrogens (tertiary/aromatic N) is 2.